The molecule has 10 nitrogen and oxygen atoms in total. The van der Waals surface area contributed by atoms with E-state index in [0.717, 1.165) is 13.0 Å². The lowest BCUT2D eigenvalue weighted by Crippen LogP contribution is -2.33. The molecule has 1 heterocycles. The van der Waals surface area contributed by atoms with Gasteiger partial charge in [-0.15, -0.1) is 0 Å². The zero-order valence-electron chi connectivity index (χ0n) is 14.2. The number of aliphatic hydroxyl groups is 1. The van der Waals surface area contributed by atoms with Crippen molar-refractivity contribution in [3.8, 4) is 0 Å². The lowest BCUT2D eigenvalue weighted by molar-refractivity contribution is 0.138. The molecule has 132 valence electrons. The normalized spacial score (nSPS) is 10.7. The van der Waals surface area contributed by atoms with Gasteiger partial charge in [-0.25, -0.2) is 0 Å². The SMILES string of the molecule is CCCNc1nc(N(CO)COC)nc(N(COC)COC)n1. The van der Waals surface area contributed by atoms with Crippen molar-refractivity contribution >= 4 is 17.8 Å². The maximum Gasteiger partial charge on any atom is 0.235 e. The van der Waals surface area contributed by atoms with Crippen molar-refractivity contribution < 1.29 is 19.3 Å². The van der Waals surface area contributed by atoms with Gasteiger partial charge in [-0.3, -0.25) is 9.80 Å². The number of nitrogens with one attached hydrogen (secondary N) is 1. The lowest BCUT2D eigenvalue weighted by Gasteiger charge is -2.24. The number of aromatic nitrogens is 3. The van der Waals surface area contributed by atoms with E-state index in [1.165, 1.54) is 12.0 Å². The maximum absolute atomic E-state index is 9.48. The third-order valence-corrected chi connectivity index (χ3v) is 2.74. The topological polar surface area (TPSA) is 105 Å². The number of hydrogen-bond acceptors (Lipinski definition) is 10. The predicted octanol–water partition coefficient (Wildman–Crippen LogP) is 0.0678. The Labute approximate surface area is 136 Å². The van der Waals surface area contributed by atoms with E-state index in [0.29, 0.717) is 17.8 Å². The van der Waals surface area contributed by atoms with E-state index in [1.807, 2.05) is 6.92 Å². The van der Waals surface area contributed by atoms with Crippen molar-refractivity contribution in [1.29, 1.82) is 0 Å². The molecule has 0 aliphatic carbocycles. The monoisotopic (exact) mass is 330 g/mol. The minimum absolute atomic E-state index is 0.154. The first-order valence-corrected chi connectivity index (χ1v) is 7.27. The molecule has 0 fully saturated rings. The molecule has 0 aliphatic rings. The van der Waals surface area contributed by atoms with Crippen molar-refractivity contribution in [3.63, 3.8) is 0 Å². The van der Waals surface area contributed by atoms with Crippen LogP contribution in [0.25, 0.3) is 0 Å². The van der Waals surface area contributed by atoms with Crippen LogP contribution in [0, 0.1) is 0 Å². The highest BCUT2D eigenvalue weighted by molar-refractivity contribution is 5.44. The molecule has 0 radical (unpaired) electrons. The van der Waals surface area contributed by atoms with Crippen LogP contribution in [0.1, 0.15) is 13.3 Å². The van der Waals surface area contributed by atoms with E-state index in [2.05, 4.69) is 20.3 Å². The molecule has 2 N–H and O–H groups in total. The summed E-state index contributed by atoms with van der Waals surface area (Å²) in [5, 5.41) is 12.6. The van der Waals surface area contributed by atoms with Crippen LogP contribution in [0.3, 0.4) is 0 Å². The molecule has 1 rings (SSSR count). The van der Waals surface area contributed by atoms with Crippen LogP contribution >= 0.6 is 0 Å². The first kappa shape index (κ1) is 19.3. The van der Waals surface area contributed by atoms with E-state index in [1.54, 1.807) is 19.1 Å². The van der Waals surface area contributed by atoms with E-state index in [-0.39, 0.29) is 26.9 Å². The van der Waals surface area contributed by atoms with Crippen molar-refractivity contribution in [2.75, 3.05) is 69.9 Å². The molecule has 1 aromatic rings. The van der Waals surface area contributed by atoms with Gasteiger partial charge in [0.25, 0.3) is 0 Å². The summed E-state index contributed by atoms with van der Waals surface area (Å²) in [5.74, 6) is 1.10. The third-order valence-electron chi connectivity index (χ3n) is 2.74. The number of methoxy groups -OCH3 is 3. The smallest absolute Gasteiger partial charge is 0.235 e. The second-order valence-electron chi connectivity index (χ2n) is 4.66. The second kappa shape index (κ2) is 10.9. The Morgan fingerprint density at radius 1 is 0.913 bits per heavy atom. The summed E-state index contributed by atoms with van der Waals surface area (Å²) in [7, 11) is 4.68. The third kappa shape index (κ3) is 6.10. The van der Waals surface area contributed by atoms with E-state index < -0.39 is 0 Å². The van der Waals surface area contributed by atoms with Gasteiger partial charge in [0.1, 0.15) is 26.9 Å². The summed E-state index contributed by atoms with van der Waals surface area (Å²) < 4.78 is 15.3. The van der Waals surface area contributed by atoms with Crippen molar-refractivity contribution in [3.05, 3.63) is 0 Å². The summed E-state index contributed by atoms with van der Waals surface area (Å²) in [4.78, 5) is 16.2. The Hall–Kier alpha value is -1.75. The van der Waals surface area contributed by atoms with Gasteiger partial charge in [0.2, 0.25) is 17.8 Å². The second-order valence-corrected chi connectivity index (χ2v) is 4.66. The number of nitrogens with zero attached hydrogens (tertiary/aromatic N) is 5. The first-order chi connectivity index (χ1) is 11.2. The summed E-state index contributed by atoms with van der Waals surface area (Å²) in [6.07, 6.45) is 0.929. The average molecular weight is 330 g/mol. The number of aliphatic hydroxyl groups excluding tert-OH is 1. The quantitative estimate of drug-likeness (QED) is 0.511. The molecule has 0 unspecified atom stereocenters. The van der Waals surface area contributed by atoms with Gasteiger partial charge >= 0.3 is 0 Å². The van der Waals surface area contributed by atoms with Gasteiger partial charge in [0.15, 0.2) is 0 Å². The van der Waals surface area contributed by atoms with Gasteiger partial charge < -0.3 is 24.6 Å². The van der Waals surface area contributed by atoms with Crippen LogP contribution in [-0.4, -0.2) is 74.9 Å². The van der Waals surface area contributed by atoms with Gasteiger partial charge in [-0.2, -0.15) is 15.0 Å². The maximum atomic E-state index is 9.48. The Kier molecular flexibility index (Phi) is 9.14. The van der Waals surface area contributed by atoms with Gasteiger partial charge in [-0.05, 0) is 6.42 Å². The minimum atomic E-state index is -0.279. The molecule has 10 heteroatoms. The molecule has 0 amide bonds. The van der Waals surface area contributed by atoms with Gasteiger partial charge in [0, 0.05) is 27.9 Å². The Bertz CT molecular complexity index is 444. The summed E-state index contributed by atoms with van der Waals surface area (Å²) >= 11 is 0. The lowest BCUT2D eigenvalue weighted by atomic mass is 10.5. The van der Waals surface area contributed by atoms with Crippen LogP contribution < -0.4 is 15.1 Å². The summed E-state index contributed by atoms with van der Waals surface area (Å²) in [5.41, 5.74) is 0. The molecular weight excluding hydrogens is 304 g/mol. The predicted molar refractivity (Wildman–Crippen MR) is 86.3 cm³/mol. The molecule has 23 heavy (non-hydrogen) atoms. The van der Waals surface area contributed by atoms with Gasteiger partial charge in [0.05, 0.1) is 0 Å². The zero-order valence-corrected chi connectivity index (χ0v) is 14.2. The fourth-order valence-electron chi connectivity index (χ4n) is 1.73. The van der Waals surface area contributed by atoms with Crippen LogP contribution in [0.5, 0.6) is 0 Å². The molecule has 0 saturated carbocycles. The molecular formula is C13H26N6O4. The largest absolute Gasteiger partial charge is 0.376 e. The first-order valence-electron chi connectivity index (χ1n) is 7.27. The highest BCUT2D eigenvalue weighted by Crippen LogP contribution is 2.16. The molecule has 0 aromatic carbocycles. The summed E-state index contributed by atoms with van der Waals surface area (Å²) in [6, 6.07) is 0. The van der Waals surface area contributed by atoms with E-state index >= 15 is 0 Å². The van der Waals surface area contributed by atoms with Crippen LogP contribution in [-0.2, 0) is 14.2 Å². The Morgan fingerprint density at radius 3 is 1.91 bits per heavy atom. The molecule has 0 saturated heterocycles. The standard InChI is InChI=1S/C13H26N6O4/c1-5-6-14-11-15-12(18(7-20)8-21-2)17-13(16-11)19(9-22-3)10-23-4/h20H,5-10H2,1-4H3,(H,14,15,16,17). The number of hydrogen-bond donors (Lipinski definition) is 2. The van der Waals surface area contributed by atoms with Crippen LogP contribution in [0.2, 0.25) is 0 Å². The number of anilines is 3. The van der Waals surface area contributed by atoms with E-state index in [9.17, 15) is 5.11 Å². The fourth-order valence-corrected chi connectivity index (χ4v) is 1.73. The number of ether oxygens (including phenoxy) is 3. The molecule has 1 aromatic heterocycles. The van der Waals surface area contributed by atoms with Gasteiger partial charge in [-0.1, -0.05) is 6.92 Å². The van der Waals surface area contributed by atoms with Crippen molar-refractivity contribution in [2.45, 2.75) is 13.3 Å². The number of rotatable bonds is 12. The highest BCUT2D eigenvalue weighted by atomic mass is 16.5. The van der Waals surface area contributed by atoms with Crippen molar-refractivity contribution in [1.82, 2.24) is 15.0 Å². The zero-order chi connectivity index (χ0) is 17.1. The summed E-state index contributed by atoms with van der Waals surface area (Å²) in [6.45, 7) is 3.16. The van der Waals surface area contributed by atoms with Crippen LogP contribution in [0.4, 0.5) is 17.8 Å². The molecule has 0 bridgehead atoms. The van der Waals surface area contributed by atoms with E-state index in [4.69, 9.17) is 14.2 Å². The molecule has 0 atom stereocenters. The molecule has 0 spiro atoms. The fraction of sp³-hybridized carbons (Fsp3) is 0.769. The van der Waals surface area contributed by atoms with Crippen LogP contribution in [0.15, 0.2) is 0 Å². The minimum Gasteiger partial charge on any atom is -0.376 e. The van der Waals surface area contributed by atoms with Crippen molar-refractivity contribution in [2.24, 2.45) is 0 Å². The molecule has 0 aliphatic heterocycles. The Balaban J connectivity index is 3.15. The Morgan fingerprint density at radius 2 is 1.43 bits per heavy atom. The average Bonchev–Trinajstić information content (AvgIpc) is 2.57. The highest BCUT2D eigenvalue weighted by Gasteiger charge is 2.17.